The zero-order valence-corrected chi connectivity index (χ0v) is 27.1. The smallest absolute Gasteiger partial charge is 0.0462 e. The maximum Gasteiger partial charge on any atom is 0.0462 e. The van der Waals surface area contributed by atoms with Crippen LogP contribution in [0.5, 0.6) is 0 Å². The van der Waals surface area contributed by atoms with Gasteiger partial charge in [0.05, 0.1) is 0 Å². The molecule has 1 aliphatic heterocycles. The lowest BCUT2D eigenvalue weighted by Crippen LogP contribution is -2.09. The van der Waals surface area contributed by atoms with Gasteiger partial charge in [-0.25, -0.2) is 0 Å². The van der Waals surface area contributed by atoms with Crippen molar-refractivity contribution < 1.29 is 0 Å². The lowest BCUT2D eigenvalue weighted by molar-refractivity contribution is 1.28. The fraction of sp³-hybridized carbons (Fsp3) is 0. The van der Waals surface area contributed by atoms with E-state index in [0.29, 0.717) is 0 Å². The van der Waals surface area contributed by atoms with E-state index in [4.69, 9.17) is 0 Å². The molecule has 8 aromatic carbocycles. The van der Waals surface area contributed by atoms with Crippen LogP contribution in [0.4, 0.5) is 17.1 Å². The summed E-state index contributed by atoms with van der Waals surface area (Å²) in [6, 6.07) is 68.0. The highest BCUT2D eigenvalue weighted by Crippen LogP contribution is 2.49. The van der Waals surface area contributed by atoms with Crippen molar-refractivity contribution in [2.75, 3.05) is 4.90 Å². The zero-order chi connectivity index (χ0) is 31.9. The number of benzene rings is 8. The third-order valence-corrected chi connectivity index (χ3v) is 10.4. The van der Waals surface area contributed by atoms with Gasteiger partial charge in [0.15, 0.2) is 0 Å². The monoisotopic (exact) mass is 629 g/mol. The minimum absolute atomic E-state index is 1.12. The Kier molecular flexibility index (Phi) is 7.14. The number of fused-ring (bicyclic) bond motifs is 2. The Bertz CT molecular complexity index is 2390. The van der Waals surface area contributed by atoms with Crippen LogP contribution in [0.2, 0.25) is 0 Å². The quantitative estimate of drug-likeness (QED) is 0.180. The summed E-state index contributed by atoms with van der Waals surface area (Å²) in [4.78, 5) is 4.97. The van der Waals surface area contributed by atoms with E-state index in [1.807, 2.05) is 11.8 Å². The molecule has 226 valence electrons. The highest BCUT2D eigenvalue weighted by atomic mass is 32.2. The maximum absolute atomic E-state index is 2.37. The average Bonchev–Trinajstić information content (AvgIpc) is 3.16. The summed E-state index contributed by atoms with van der Waals surface area (Å²) in [6.45, 7) is 0. The van der Waals surface area contributed by atoms with Gasteiger partial charge in [0, 0.05) is 32.2 Å². The minimum Gasteiger partial charge on any atom is -0.311 e. The lowest BCUT2D eigenvalue weighted by atomic mass is 9.93. The Morgan fingerprint density at radius 1 is 0.312 bits per heavy atom. The number of hydrogen-bond acceptors (Lipinski definition) is 2. The molecule has 0 atom stereocenters. The van der Waals surface area contributed by atoms with Crippen molar-refractivity contribution in [3.63, 3.8) is 0 Å². The van der Waals surface area contributed by atoms with E-state index in [1.165, 1.54) is 65.1 Å². The van der Waals surface area contributed by atoms with Gasteiger partial charge in [-0.15, -0.1) is 0 Å². The van der Waals surface area contributed by atoms with Gasteiger partial charge < -0.3 is 4.90 Å². The molecular weight excluding hydrogens is 599 g/mol. The molecule has 0 N–H and O–H groups in total. The van der Waals surface area contributed by atoms with Crippen LogP contribution in [0.25, 0.3) is 55.3 Å². The van der Waals surface area contributed by atoms with Crippen LogP contribution in [0.3, 0.4) is 0 Å². The van der Waals surface area contributed by atoms with Crippen molar-refractivity contribution in [1.82, 2.24) is 0 Å². The molecule has 0 saturated heterocycles. The van der Waals surface area contributed by atoms with Crippen molar-refractivity contribution in [1.29, 1.82) is 0 Å². The number of nitrogens with zero attached hydrogens (tertiary/aromatic N) is 1. The van der Waals surface area contributed by atoms with E-state index >= 15 is 0 Å². The molecule has 0 aliphatic carbocycles. The van der Waals surface area contributed by atoms with Gasteiger partial charge in [-0.2, -0.15) is 0 Å². The molecule has 0 amide bonds. The number of para-hydroxylation sites is 1. The van der Waals surface area contributed by atoms with E-state index in [9.17, 15) is 0 Å². The van der Waals surface area contributed by atoms with E-state index in [0.717, 1.165) is 17.1 Å². The van der Waals surface area contributed by atoms with Crippen LogP contribution in [0, 0.1) is 0 Å². The van der Waals surface area contributed by atoms with Gasteiger partial charge in [-0.1, -0.05) is 139 Å². The van der Waals surface area contributed by atoms with E-state index in [-0.39, 0.29) is 0 Å². The van der Waals surface area contributed by atoms with Crippen molar-refractivity contribution >= 4 is 39.6 Å². The summed E-state index contributed by atoms with van der Waals surface area (Å²) in [5.41, 5.74) is 13.3. The fourth-order valence-corrected chi connectivity index (χ4v) is 8.01. The van der Waals surface area contributed by atoms with Gasteiger partial charge >= 0.3 is 0 Å². The normalized spacial score (nSPS) is 11.7. The molecule has 0 aromatic heterocycles. The average molecular weight is 630 g/mol. The van der Waals surface area contributed by atoms with Crippen molar-refractivity contribution in [2.24, 2.45) is 0 Å². The summed E-state index contributed by atoms with van der Waals surface area (Å²) < 4.78 is 0. The summed E-state index contributed by atoms with van der Waals surface area (Å²) in [5, 5.41) is 2.66. The Morgan fingerprint density at radius 3 is 1.52 bits per heavy atom. The molecule has 2 heteroatoms. The summed E-state index contributed by atoms with van der Waals surface area (Å²) in [5.74, 6) is 0. The highest BCUT2D eigenvalue weighted by molar-refractivity contribution is 7.99. The summed E-state index contributed by atoms with van der Waals surface area (Å²) in [7, 11) is 0. The Labute approximate surface area is 285 Å². The first-order valence-corrected chi connectivity index (χ1v) is 17.2. The van der Waals surface area contributed by atoms with Crippen molar-refractivity contribution in [3.05, 3.63) is 188 Å². The van der Waals surface area contributed by atoms with Crippen LogP contribution >= 0.6 is 11.8 Å². The molecule has 48 heavy (non-hydrogen) atoms. The molecule has 0 radical (unpaired) electrons. The molecule has 0 bridgehead atoms. The lowest BCUT2D eigenvalue weighted by Gasteiger charge is -2.26. The van der Waals surface area contributed by atoms with Gasteiger partial charge in [0.25, 0.3) is 0 Å². The van der Waals surface area contributed by atoms with Crippen LogP contribution in [0.1, 0.15) is 0 Å². The van der Waals surface area contributed by atoms with Crippen LogP contribution in [0.15, 0.2) is 198 Å². The SMILES string of the molecule is c1ccc(-c2ccc(N(c3ccccc3)c3ccc(-c4cccc(-c5ccc6c(c5)-c5cccc7cccc(c57)S6)c4)cc3)cc2)cc1. The molecule has 9 rings (SSSR count). The highest BCUT2D eigenvalue weighted by Gasteiger charge is 2.19. The van der Waals surface area contributed by atoms with Crippen LogP contribution < -0.4 is 4.90 Å². The molecule has 0 unspecified atom stereocenters. The van der Waals surface area contributed by atoms with Gasteiger partial charge in [0.2, 0.25) is 0 Å². The molecule has 8 aromatic rings. The topological polar surface area (TPSA) is 3.24 Å². The second kappa shape index (κ2) is 12.1. The Morgan fingerprint density at radius 2 is 0.812 bits per heavy atom. The minimum atomic E-state index is 1.12. The number of hydrogen-bond donors (Lipinski definition) is 0. The van der Waals surface area contributed by atoms with Crippen molar-refractivity contribution in [3.8, 4) is 44.5 Å². The second-order valence-corrected chi connectivity index (χ2v) is 13.3. The third-order valence-electron chi connectivity index (χ3n) is 9.26. The zero-order valence-electron chi connectivity index (χ0n) is 26.3. The Balaban J connectivity index is 1.04. The van der Waals surface area contributed by atoms with Gasteiger partial charge in [0.1, 0.15) is 0 Å². The number of anilines is 3. The summed E-state index contributed by atoms with van der Waals surface area (Å²) in [6.07, 6.45) is 0. The van der Waals surface area contributed by atoms with E-state index in [1.54, 1.807) is 0 Å². The largest absolute Gasteiger partial charge is 0.311 e. The summed E-state index contributed by atoms with van der Waals surface area (Å²) >= 11 is 1.87. The first kappa shape index (κ1) is 28.4. The molecule has 0 saturated carbocycles. The molecule has 1 aliphatic rings. The maximum atomic E-state index is 2.37. The fourth-order valence-electron chi connectivity index (χ4n) is 6.88. The molecule has 1 nitrogen and oxygen atoms in total. The van der Waals surface area contributed by atoms with Crippen LogP contribution in [-0.2, 0) is 0 Å². The third kappa shape index (κ3) is 5.17. The number of rotatable bonds is 6. The Hall–Kier alpha value is -5.83. The van der Waals surface area contributed by atoms with E-state index < -0.39 is 0 Å². The predicted octanol–water partition coefficient (Wildman–Crippen LogP) is 13.4. The molecule has 0 fully saturated rings. The molecule has 1 heterocycles. The van der Waals surface area contributed by atoms with E-state index in [2.05, 4.69) is 193 Å². The first-order chi connectivity index (χ1) is 23.8. The standard InChI is InChI=1S/C46H31NS/c1-3-10-32(11-4-1)33-20-25-40(26-21-33)47(39-16-5-2-6-17-39)41-27-22-34(23-28-41)36-14-7-15-37(30-36)38-24-29-44-43(31-38)42-18-8-12-35-13-9-19-45(48-44)46(35)42/h1-31H. The van der Waals surface area contributed by atoms with Crippen molar-refractivity contribution in [2.45, 2.75) is 9.79 Å². The van der Waals surface area contributed by atoms with Gasteiger partial charge in [-0.05, 0) is 111 Å². The second-order valence-electron chi connectivity index (χ2n) is 12.2. The van der Waals surface area contributed by atoms with Gasteiger partial charge in [-0.3, -0.25) is 0 Å². The first-order valence-electron chi connectivity index (χ1n) is 16.3. The molecule has 0 spiro atoms. The van der Waals surface area contributed by atoms with Crippen LogP contribution in [-0.4, -0.2) is 0 Å². The predicted molar refractivity (Wildman–Crippen MR) is 204 cm³/mol. The molecular formula is C46H31NS.